The number of rotatable bonds is 2. The molecule has 0 amide bonds. The molecule has 18 heavy (non-hydrogen) atoms. The fraction of sp³-hybridized carbons (Fsp3) is 1.00. The third kappa shape index (κ3) is 3.53. The fourth-order valence-corrected chi connectivity index (χ4v) is 4.01. The van der Waals surface area contributed by atoms with Crippen molar-refractivity contribution in [1.82, 2.24) is 5.32 Å². The largest absolute Gasteiger partial charge is 0.391 e. The Kier molecular flexibility index (Phi) is 4.46. The number of aliphatic hydroxyl groups excluding tert-OH is 2. The average Bonchev–Trinajstić information content (AvgIpc) is 2.56. The Morgan fingerprint density at radius 1 is 1.22 bits per heavy atom. The number of alkyl halides is 3. The maximum Gasteiger partial charge on any atom is 0.391 e. The van der Waals surface area contributed by atoms with Crippen LogP contribution in [0.4, 0.5) is 13.2 Å². The average molecular weight is 285 g/mol. The van der Waals surface area contributed by atoms with Gasteiger partial charge in [-0.3, -0.25) is 5.32 Å². The van der Waals surface area contributed by atoms with E-state index in [1.165, 1.54) is 11.8 Å². The third-order valence-electron chi connectivity index (χ3n) is 3.78. The van der Waals surface area contributed by atoms with Crippen molar-refractivity contribution in [1.29, 1.82) is 0 Å². The van der Waals surface area contributed by atoms with Crippen molar-refractivity contribution in [2.75, 3.05) is 0 Å². The van der Waals surface area contributed by atoms with E-state index in [4.69, 9.17) is 0 Å². The lowest BCUT2D eigenvalue weighted by Crippen LogP contribution is -2.35. The molecule has 5 atom stereocenters. The minimum atomic E-state index is -4.10. The molecule has 1 saturated heterocycles. The predicted molar refractivity (Wildman–Crippen MR) is 62.6 cm³/mol. The van der Waals surface area contributed by atoms with Gasteiger partial charge in [0.1, 0.15) is 6.23 Å². The molecule has 0 aromatic heterocycles. The Morgan fingerprint density at radius 2 is 1.94 bits per heavy atom. The Balaban J connectivity index is 1.86. The van der Waals surface area contributed by atoms with Crippen LogP contribution in [0.1, 0.15) is 32.1 Å². The number of halogens is 3. The summed E-state index contributed by atoms with van der Waals surface area (Å²) >= 11 is 1.19. The third-order valence-corrected chi connectivity index (χ3v) is 4.97. The minimum absolute atomic E-state index is 0.00961. The topological polar surface area (TPSA) is 52.5 Å². The predicted octanol–water partition coefficient (Wildman–Crippen LogP) is 2.04. The van der Waals surface area contributed by atoms with Gasteiger partial charge in [0.25, 0.3) is 0 Å². The highest BCUT2D eigenvalue weighted by molar-refractivity contribution is 8.00. The van der Waals surface area contributed by atoms with Crippen molar-refractivity contribution in [2.24, 2.45) is 11.8 Å². The highest BCUT2D eigenvalue weighted by atomic mass is 32.2. The summed E-state index contributed by atoms with van der Waals surface area (Å²) in [5, 5.41) is 21.2. The second-order valence-electron chi connectivity index (χ2n) is 5.15. The summed E-state index contributed by atoms with van der Waals surface area (Å²) in [6, 6.07) is 0. The summed E-state index contributed by atoms with van der Waals surface area (Å²) in [5.74, 6) is -1.21. The molecule has 1 aliphatic heterocycles. The zero-order valence-corrected chi connectivity index (χ0v) is 10.7. The van der Waals surface area contributed by atoms with Crippen molar-refractivity contribution >= 4 is 11.8 Å². The summed E-state index contributed by atoms with van der Waals surface area (Å²) in [7, 11) is 0. The smallest absolute Gasteiger partial charge is 0.377 e. The standard InChI is InChI=1S/C11H18F3NO2S/c12-11(13,14)7-3-1-2-6(4-7)5-8-9(16)15-10(17)18-8/h6-10,15-17H,1-5H2. The van der Waals surface area contributed by atoms with Gasteiger partial charge in [-0.05, 0) is 25.2 Å². The maximum atomic E-state index is 12.7. The molecule has 106 valence electrons. The lowest BCUT2D eigenvalue weighted by molar-refractivity contribution is -0.186. The maximum absolute atomic E-state index is 12.7. The first-order valence-corrected chi connectivity index (χ1v) is 7.15. The number of nitrogens with one attached hydrogen (secondary N) is 1. The number of thioether (sulfide) groups is 1. The Bertz CT molecular complexity index is 290. The quantitative estimate of drug-likeness (QED) is 0.727. The van der Waals surface area contributed by atoms with Gasteiger partial charge in [-0.1, -0.05) is 12.8 Å². The first kappa shape index (κ1) is 14.4. The van der Waals surface area contributed by atoms with Crippen LogP contribution < -0.4 is 5.32 Å². The van der Waals surface area contributed by atoms with E-state index in [1.807, 2.05) is 0 Å². The highest BCUT2D eigenvalue weighted by Crippen LogP contribution is 2.43. The number of hydrogen-bond donors (Lipinski definition) is 3. The summed E-state index contributed by atoms with van der Waals surface area (Å²) in [6.07, 6.45) is -2.63. The normalized spacial score (nSPS) is 42.2. The first-order chi connectivity index (χ1) is 8.36. The summed E-state index contributed by atoms with van der Waals surface area (Å²) in [6.45, 7) is 0. The van der Waals surface area contributed by atoms with Gasteiger partial charge in [-0.2, -0.15) is 13.2 Å². The van der Waals surface area contributed by atoms with Crippen molar-refractivity contribution in [3.63, 3.8) is 0 Å². The van der Waals surface area contributed by atoms with Gasteiger partial charge in [0.05, 0.1) is 5.92 Å². The highest BCUT2D eigenvalue weighted by Gasteiger charge is 2.43. The van der Waals surface area contributed by atoms with Crippen LogP contribution in [0, 0.1) is 11.8 Å². The summed E-state index contributed by atoms with van der Waals surface area (Å²) in [5.41, 5.74) is -0.813. The molecule has 0 aromatic rings. The Hall–Kier alpha value is 0.0200. The van der Waals surface area contributed by atoms with Gasteiger partial charge >= 0.3 is 6.18 Å². The molecule has 3 N–H and O–H groups in total. The van der Waals surface area contributed by atoms with Crippen LogP contribution in [-0.4, -0.2) is 33.4 Å². The van der Waals surface area contributed by atoms with Crippen LogP contribution in [0.2, 0.25) is 0 Å². The second kappa shape index (κ2) is 5.56. The molecule has 1 saturated carbocycles. The molecular formula is C11H18F3NO2S. The van der Waals surface area contributed by atoms with E-state index in [0.717, 1.165) is 6.42 Å². The lowest BCUT2D eigenvalue weighted by atomic mass is 9.79. The van der Waals surface area contributed by atoms with Crippen LogP contribution in [-0.2, 0) is 0 Å². The zero-order chi connectivity index (χ0) is 13.3. The number of hydrogen-bond acceptors (Lipinski definition) is 4. The van der Waals surface area contributed by atoms with Crippen LogP contribution in [0.3, 0.4) is 0 Å². The van der Waals surface area contributed by atoms with Gasteiger partial charge < -0.3 is 10.2 Å². The Labute approximate surface area is 108 Å². The van der Waals surface area contributed by atoms with Crippen molar-refractivity contribution in [3.05, 3.63) is 0 Å². The van der Waals surface area contributed by atoms with Crippen LogP contribution >= 0.6 is 11.8 Å². The first-order valence-electron chi connectivity index (χ1n) is 6.20. The number of aliphatic hydroxyl groups is 2. The van der Waals surface area contributed by atoms with Crippen LogP contribution in [0.15, 0.2) is 0 Å². The van der Waals surface area contributed by atoms with Crippen molar-refractivity contribution in [2.45, 2.75) is 55.3 Å². The fourth-order valence-electron chi connectivity index (χ4n) is 2.85. The molecule has 0 spiro atoms. The molecule has 1 heterocycles. The van der Waals surface area contributed by atoms with Crippen LogP contribution in [0.25, 0.3) is 0 Å². The minimum Gasteiger partial charge on any atom is -0.377 e. The lowest BCUT2D eigenvalue weighted by Gasteiger charge is -2.32. The summed E-state index contributed by atoms with van der Waals surface area (Å²) < 4.78 is 38.0. The molecular weight excluding hydrogens is 267 g/mol. The SMILES string of the molecule is OC1NC(O)C(CC2CCCC(C(F)(F)F)C2)S1. The van der Waals surface area contributed by atoms with Gasteiger partial charge in [0, 0.05) is 5.25 Å². The van der Waals surface area contributed by atoms with E-state index < -0.39 is 23.9 Å². The van der Waals surface area contributed by atoms with E-state index in [1.54, 1.807) is 0 Å². The Morgan fingerprint density at radius 3 is 2.50 bits per heavy atom. The van der Waals surface area contributed by atoms with Crippen molar-refractivity contribution < 1.29 is 23.4 Å². The molecule has 1 aliphatic carbocycles. The zero-order valence-electron chi connectivity index (χ0n) is 9.86. The monoisotopic (exact) mass is 285 g/mol. The second-order valence-corrected chi connectivity index (χ2v) is 6.47. The molecule has 0 bridgehead atoms. The van der Waals surface area contributed by atoms with Gasteiger partial charge in [-0.25, -0.2) is 0 Å². The molecule has 2 rings (SSSR count). The van der Waals surface area contributed by atoms with Gasteiger partial charge in [0.15, 0.2) is 5.56 Å². The molecule has 2 aliphatic rings. The van der Waals surface area contributed by atoms with E-state index >= 15 is 0 Å². The molecule has 0 radical (unpaired) electrons. The van der Waals surface area contributed by atoms with Gasteiger partial charge in [0.2, 0.25) is 0 Å². The van der Waals surface area contributed by atoms with Crippen LogP contribution in [0.5, 0.6) is 0 Å². The van der Waals surface area contributed by atoms with E-state index in [2.05, 4.69) is 5.32 Å². The van der Waals surface area contributed by atoms with E-state index in [9.17, 15) is 23.4 Å². The van der Waals surface area contributed by atoms with Gasteiger partial charge in [-0.15, -0.1) is 11.8 Å². The molecule has 2 fully saturated rings. The molecule has 7 heteroatoms. The van der Waals surface area contributed by atoms with Crippen molar-refractivity contribution in [3.8, 4) is 0 Å². The molecule has 5 unspecified atom stereocenters. The molecule has 3 nitrogen and oxygen atoms in total. The summed E-state index contributed by atoms with van der Waals surface area (Å²) in [4.78, 5) is 0. The van der Waals surface area contributed by atoms with E-state index in [-0.39, 0.29) is 24.0 Å². The molecule has 0 aromatic carbocycles. The van der Waals surface area contributed by atoms with E-state index in [0.29, 0.717) is 12.8 Å².